The van der Waals surface area contributed by atoms with Gasteiger partial charge in [-0.3, -0.25) is 4.79 Å². The van der Waals surface area contributed by atoms with Crippen molar-refractivity contribution in [2.24, 2.45) is 0 Å². The number of amides is 1. The predicted octanol–water partition coefficient (Wildman–Crippen LogP) is 4.70. The van der Waals surface area contributed by atoms with Crippen molar-refractivity contribution in [3.63, 3.8) is 0 Å². The molecule has 0 unspecified atom stereocenters. The second-order valence-electron chi connectivity index (χ2n) is 6.28. The zero-order valence-electron chi connectivity index (χ0n) is 14.1. The standard InChI is InChI=1S/C18H18BrN3OS2/c1-11-9-13-15(10-12(11)2)25-18(20-13)22-7-5-21(6-8-22)17(23)14-3-4-16(19)24-14/h3-4,9-10H,5-8H2,1-2H3. The van der Waals surface area contributed by atoms with Gasteiger partial charge in [-0.1, -0.05) is 11.3 Å². The molecule has 2 aromatic heterocycles. The van der Waals surface area contributed by atoms with E-state index in [0.717, 1.165) is 45.5 Å². The highest BCUT2D eigenvalue weighted by atomic mass is 79.9. The van der Waals surface area contributed by atoms with E-state index in [1.54, 1.807) is 11.3 Å². The summed E-state index contributed by atoms with van der Waals surface area (Å²) in [5.41, 5.74) is 3.66. The van der Waals surface area contributed by atoms with Crippen LogP contribution in [0.2, 0.25) is 0 Å². The van der Waals surface area contributed by atoms with Crippen LogP contribution in [0.4, 0.5) is 5.13 Å². The van der Waals surface area contributed by atoms with E-state index in [1.165, 1.54) is 27.2 Å². The molecule has 0 bridgehead atoms. The van der Waals surface area contributed by atoms with Crippen LogP contribution in [0.5, 0.6) is 0 Å². The largest absolute Gasteiger partial charge is 0.345 e. The predicted molar refractivity (Wildman–Crippen MR) is 109 cm³/mol. The van der Waals surface area contributed by atoms with Gasteiger partial charge in [0.25, 0.3) is 5.91 Å². The van der Waals surface area contributed by atoms with Crippen molar-refractivity contribution < 1.29 is 4.79 Å². The second-order valence-corrected chi connectivity index (χ2v) is 9.76. The van der Waals surface area contributed by atoms with Gasteiger partial charge in [0.1, 0.15) is 0 Å². The molecule has 0 atom stereocenters. The number of halogens is 1. The summed E-state index contributed by atoms with van der Waals surface area (Å²) >= 11 is 6.66. The fourth-order valence-corrected chi connectivity index (χ4v) is 5.44. The van der Waals surface area contributed by atoms with Gasteiger partial charge < -0.3 is 9.80 Å². The lowest BCUT2D eigenvalue weighted by Crippen LogP contribution is -2.48. The Labute approximate surface area is 163 Å². The number of anilines is 1. The molecule has 0 spiro atoms. The van der Waals surface area contributed by atoms with Crippen molar-refractivity contribution in [2.75, 3.05) is 31.1 Å². The van der Waals surface area contributed by atoms with Gasteiger partial charge in [-0.25, -0.2) is 4.98 Å². The molecule has 4 nitrogen and oxygen atoms in total. The molecule has 7 heteroatoms. The van der Waals surface area contributed by atoms with Crippen molar-refractivity contribution in [1.82, 2.24) is 9.88 Å². The summed E-state index contributed by atoms with van der Waals surface area (Å²) < 4.78 is 2.23. The molecule has 3 aromatic rings. The number of fused-ring (bicyclic) bond motifs is 1. The van der Waals surface area contributed by atoms with Crippen LogP contribution < -0.4 is 4.90 Å². The third-order valence-electron chi connectivity index (χ3n) is 4.61. The fourth-order valence-electron chi connectivity index (χ4n) is 2.99. The number of carbonyl (C=O) groups excluding carboxylic acids is 1. The number of rotatable bonds is 2. The average Bonchev–Trinajstić information content (AvgIpc) is 3.21. The maximum absolute atomic E-state index is 12.6. The lowest BCUT2D eigenvalue weighted by atomic mass is 10.1. The van der Waals surface area contributed by atoms with Gasteiger partial charge in [0.15, 0.2) is 5.13 Å². The van der Waals surface area contributed by atoms with Crippen LogP contribution >= 0.6 is 38.6 Å². The highest BCUT2D eigenvalue weighted by Crippen LogP contribution is 2.31. The number of hydrogen-bond donors (Lipinski definition) is 0. The zero-order chi connectivity index (χ0) is 17.6. The zero-order valence-corrected chi connectivity index (χ0v) is 17.3. The summed E-state index contributed by atoms with van der Waals surface area (Å²) in [6.45, 7) is 7.40. The lowest BCUT2D eigenvalue weighted by molar-refractivity contribution is 0.0751. The van der Waals surface area contributed by atoms with E-state index >= 15 is 0 Å². The fraction of sp³-hybridized carbons (Fsp3) is 0.333. The Bertz CT molecular complexity index is 902. The average molecular weight is 436 g/mol. The smallest absolute Gasteiger partial charge is 0.264 e. The molecule has 1 aliphatic heterocycles. The van der Waals surface area contributed by atoms with Crippen LogP contribution in [-0.4, -0.2) is 42.0 Å². The Kier molecular flexibility index (Phi) is 4.56. The number of thiophene rings is 1. The Hall–Kier alpha value is -1.44. The first kappa shape index (κ1) is 17.0. The number of aromatic nitrogens is 1. The van der Waals surface area contributed by atoms with E-state index in [-0.39, 0.29) is 5.91 Å². The normalized spacial score (nSPS) is 15.2. The molecular weight excluding hydrogens is 418 g/mol. The molecule has 0 saturated carbocycles. The number of benzene rings is 1. The summed E-state index contributed by atoms with van der Waals surface area (Å²) in [7, 11) is 0. The Morgan fingerprint density at radius 3 is 2.48 bits per heavy atom. The third-order valence-corrected chi connectivity index (χ3v) is 7.30. The Morgan fingerprint density at radius 1 is 1.08 bits per heavy atom. The summed E-state index contributed by atoms with van der Waals surface area (Å²) in [5.74, 6) is 0.130. The van der Waals surface area contributed by atoms with Crippen molar-refractivity contribution in [3.8, 4) is 0 Å². The maximum atomic E-state index is 12.6. The molecule has 4 rings (SSSR count). The topological polar surface area (TPSA) is 36.4 Å². The van der Waals surface area contributed by atoms with Gasteiger partial charge in [-0.15, -0.1) is 11.3 Å². The van der Waals surface area contributed by atoms with Gasteiger partial charge >= 0.3 is 0 Å². The molecule has 25 heavy (non-hydrogen) atoms. The molecule has 0 radical (unpaired) electrons. The van der Waals surface area contributed by atoms with E-state index in [1.807, 2.05) is 17.0 Å². The molecule has 1 fully saturated rings. The summed E-state index contributed by atoms with van der Waals surface area (Å²) in [6, 6.07) is 8.21. The molecule has 0 aliphatic carbocycles. The van der Waals surface area contributed by atoms with E-state index in [0.29, 0.717) is 0 Å². The monoisotopic (exact) mass is 435 g/mol. The van der Waals surface area contributed by atoms with Crippen LogP contribution in [0.15, 0.2) is 28.1 Å². The number of hydrogen-bond acceptors (Lipinski definition) is 5. The Morgan fingerprint density at radius 2 is 1.80 bits per heavy atom. The molecule has 0 N–H and O–H groups in total. The van der Waals surface area contributed by atoms with Crippen molar-refractivity contribution in [3.05, 3.63) is 44.1 Å². The molecular formula is C18H18BrN3OS2. The molecule has 1 amide bonds. The molecule has 130 valence electrons. The van der Waals surface area contributed by atoms with E-state index in [2.05, 4.69) is 46.8 Å². The van der Waals surface area contributed by atoms with Gasteiger partial charge in [0.2, 0.25) is 0 Å². The van der Waals surface area contributed by atoms with Crippen LogP contribution in [0.25, 0.3) is 10.2 Å². The molecule has 1 aliphatic rings. The van der Waals surface area contributed by atoms with Gasteiger partial charge in [0.05, 0.1) is 18.9 Å². The lowest BCUT2D eigenvalue weighted by Gasteiger charge is -2.34. The number of thiazole rings is 1. The first-order valence-corrected chi connectivity index (χ1v) is 10.6. The minimum absolute atomic E-state index is 0.130. The quantitative estimate of drug-likeness (QED) is 0.585. The highest BCUT2D eigenvalue weighted by Gasteiger charge is 2.24. The summed E-state index contributed by atoms with van der Waals surface area (Å²) in [5, 5.41) is 1.06. The number of aryl methyl sites for hydroxylation is 2. The number of nitrogens with zero attached hydrogens (tertiary/aromatic N) is 3. The van der Waals surface area contributed by atoms with Crippen molar-refractivity contribution in [2.45, 2.75) is 13.8 Å². The minimum atomic E-state index is 0.130. The summed E-state index contributed by atoms with van der Waals surface area (Å²) in [6.07, 6.45) is 0. The second kappa shape index (κ2) is 6.70. The van der Waals surface area contributed by atoms with Crippen LogP contribution in [0.3, 0.4) is 0 Å². The van der Waals surface area contributed by atoms with E-state index in [4.69, 9.17) is 4.98 Å². The van der Waals surface area contributed by atoms with Crippen molar-refractivity contribution >= 4 is 59.9 Å². The third kappa shape index (κ3) is 3.32. The number of piperazine rings is 1. The minimum Gasteiger partial charge on any atom is -0.345 e. The Balaban J connectivity index is 1.47. The van der Waals surface area contributed by atoms with Crippen molar-refractivity contribution in [1.29, 1.82) is 0 Å². The van der Waals surface area contributed by atoms with Crippen LogP contribution in [0, 0.1) is 13.8 Å². The SMILES string of the molecule is Cc1cc2nc(N3CCN(C(=O)c4ccc(Br)s4)CC3)sc2cc1C. The van der Waals surface area contributed by atoms with Crippen LogP contribution in [0.1, 0.15) is 20.8 Å². The van der Waals surface area contributed by atoms with E-state index in [9.17, 15) is 4.79 Å². The van der Waals surface area contributed by atoms with Gasteiger partial charge in [-0.05, 0) is 65.2 Å². The first-order valence-electron chi connectivity index (χ1n) is 8.18. The van der Waals surface area contributed by atoms with Crippen LogP contribution in [-0.2, 0) is 0 Å². The van der Waals surface area contributed by atoms with Gasteiger partial charge in [-0.2, -0.15) is 0 Å². The number of carbonyl (C=O) groups is 1. The first-order chi connectivity index (χ1) is 12.0. The molecule has 1 saturated heterocycles. The van der Waals surface area contributed by atoms with E-state index < -0.39 is 0 Å². The van der Waals surface area contributed by atoms with Gasteiger partial charge in [0, 0.05) is 26.2 Å². The highest BCUT2D eigenvalue weighted by molar-refractivity contribution is 9.11. The molecule has 1 aromatic carbocycles. The summed E-state index contributed by atoms with van der Waals surface area (Å²) in [4.78, 5) is 22.4. The molecule has 3 heterocycles. The maximum Gasteiger partial charge on any atom is 0.264 e.